The average molecular weight is 434 g/mol. The highest BCUT2D eigenvalue weighted by Gasteiger charge is 2.35. The molecule has 7 heteroatoms. The van der Waals surface area contributed by atoms with Gasteiger partial charge in [-0.15, -0.1) is 0 Å². The predicted molar refractivity (Wildman–Crippen MR) is 118 cm³/mol. The monoisotopic (exact) mass is 434 g/mol. The lowest BCUT2D eigenvalue weighted by Crippen LogP contribution is -2.32. The largest absolute Gasteiger partial charge is 0.497 e. The molecule has 1 N–H and O–H groups in total. The van der Waals surface area contributed by atoms with Crippen LogP contribution in [0.2, 0.25) is 0 Å². The second kappa shape index (κ2) is 9.51. The average Bonchev–Trinajstić information content (AvgIpc) is 3.21. The van der Waals surface area contributed by atoms with Crippen molar-refractivity contribution in [3.05, 3.63) is 84.2 Å². The summed E-state index contributed by atoms with van der Waals surface area (Å²) < 4.78 is 23.9. The van der Waals surface area contributed by atoms with Crippen LogP contribution in [0.1, 0.15) is 12.0 Å². The van der Waals surface area contributed by atoms with Gasteiger partial charge in [0.25, 0.3) is 0 Å². The van der Waals surface area contributed by atoms with Crippen molar-refractivity contribution in [2.75, 3.05) is 18.6 Å². The van der Waals surface area contributed by atoms with Gasteiger partial charge in [0.2, 0.25) is 11.8 Å². The third-order valence-electron chi connectivity index (χ3n) is 5.29. The number of carbonyl (C=O) groups is 2. The minimum absolute atomic E-state index is 0.0787. The quantitative estimate of drug-likeness (QED) is 0.602. The first kappa shape index (κ1) is 21.4. The molecular weight excluding hydrogens is 411 g/mol. The van der Waals surface area contributed by atoms with Gasteiger partial charge in [0.1, 0.15) is 23.1 Å². The molecule has 0 aliphatic carbocycles. The maximum Gasteiger partial charge on any atom is 0.227 e. The lowest BCUT2D eigenvalue weighted by Gasteiger charge is -2.17. The maximum atomic E-state index is 13.0. The van der Waals surface area contributed by atoms with E-state index in [4.69, 9.17) is 9.47 Å². The van der Waals surface area contributed by atoms with Crippen molar-refractivity contribution in [3.63, 3.8) is 0 Å². The van der Waals surface area contributed by atoms with Crippen LogP contribution < -0.4 is 19.7 Å². The van der Waals surface area contributed by atoms with E-state index in [-0.39, 0.29) is 24.1 Å². The number of anilines is 1. The van der Waals surface area contributed by atoms with Crippen LogP contribution in [0.4, 0.5) is 10.1 Å². The summed E-state index contributed by atoms with van der Waals surface area (Å²) in [6.45, 7) is 0.650. The molecule has 0 spiro atoms. The highest BCUT2D eigenvalue weighted by atomic mass is 19.1. The zero-order chi connectivity index (χ0) is 22.5. The summed E-state index contributed by atoms with van der Waals surface area (Å²) in [5.74, 6) is 0.832. The number of rotatable bonds is 7. The van der Waals surface area contributed by atoms with E-state index in [1.807, 2.05) is 30.3 Å². The standard InChI is InChI=1S/C25H23FN2O4/c1-31-21-11-7-20(8-12-21)28-16-18(14-24(28)29)25(30)27-15-17-3-2-4-23(13-17)32-22-9-5-19(26)6-10-22/h2-13,18H,14-16H2,1H3,(H,27,30). The molecule has 164 valence electrons. The Kier molecular flexibility index (Phi) is 6.35. The van der Waals surface area contributed by atoms with Gasteiger partial charge in [-0.05, 0) is 66.2 Å². The van der Waals surface area contributed by atoms with Gasteiger partial charge in [-0.1, -0.05) is 12.1 Å². The molecule has 6 nitrogen and oxygen atoms in total. The third kappa shape index (κ3) is 5.06. The van der Waals surface area contributed by atoms with E-state index < -0.39 is 5.92 Å². The van der Waals surface area contributed by atoms with E-state index in [1.165, 1.54) is 12.1 Å². The fraction of sp³-hybridized carbons (Fsp3) is 0.200. The maximum absolute atomic E-state index is 13.0. The topological polar surface area (TPSA) is 67.9 Å². The Hall–Kier alpha value is -3.87. The summed E-state index contributed by atoms with van der Waals surface area (Å²) in [7, 11) is 1.58. The Labute approximate surface area is 185 Å². The summed E-state index contributed by atoms with van der Waals surface area (Å²) in [6, 6.07) is 20.3. The Bertz CT molecular complexity index is 1100. The smallest absolute Gasteiger partial charge is 0.227 e. The molecule has 1 heterocycles. The van der Waals surface area contributed by atoms with Crippen molar-refractivity contribution < 1.29 is 23.5 Å². The molecule has 1 aliphatic rings. The second-order valence-corrected chi connectivity index (χ2v) is 7.52. The fourth-order valence-corrected chi connectivity index (χ4v) is 3.59. The zero-order valence-corrected chi connectivity index (χ0v) is 17.6. The van der Waals surface area contributed by atoms with Gasteiger partial charge in [0, 0.05) is 25.2 Å². The van der Waals surface area contributed by atoms with Gasteiger partial charge >= 0.3 is 0 Å². The van der Waals surface area contributed by atoms with Crippen LogP contribution in [0.3, 0.4) is 0 Å². The predicted octanol–water partition coefficient (Wildman–Crippen LogP) is 4.30. The number of ether oxygens (including phenoxy) is 2. The Morgan fingerprint density at radius 1 is 1.03 bits per heavy atom. The molecule has 1 unspecified atom stereocenters. The lowest BCUT2D eigenvalue weighted by atomic mass is 10.1. The number of halogens is 1. The molecule has 3 aromatic carbocycles. The molecule has 0 saturated carbocycles. The van der Waals surface area contributed by atoms with Crippen molar-refractivity contribution >= 4 is 17.5 Å². The number of nitrogens with one attached hydrogen (secondary N) is 1. The SMILES string of the molecule is COc1ccc(N2CC(C(=O)NCc3cccc(Oc4ccc(F)cc4)c3)CC2=O)cc1. The zero-order valence-electron chi connectivity index (χ0n) is 17.6. The van der Waals surface area contributed by atoms with Crippen molar-refractivity contribution in [2.45, 2.75) is 13.0 Å². The molecule has 1 atom stereocenters. The van der Waals surface area contributed by atoms with Gasteiger partial charge < -0.3 is 19.7 Å². The first-order valence-corrected chi connectivity index (χ1v) is 10.3. The van der Waals surface area contributed by atoms with Crippen molar-refractivity contribution in [2.24, 2.45) is 5.92 Å². The van der Waals surface area contributed by atoms with Gasteiger partial charge in [0.05, 0.1) is 13.0 Å². The summed E-state index contributed by atoms with van der Waals surface area (Å²) in [4.78, 5) is 26.7. The van der Waals surface area contributed by atoms with E-state index >= 15 is 0 Å². The summed E-state index contributed by atoms with van der Waals surface area (Å²) >= 11 is 0. The lowest BCUT2D eigenvalue weighted by molar-refractivity contribution is -0.126. The van der Waals surface area contributed by atoms with E-state index in [9.17, 15) is 14.0 Å². The van der Waals surface area contributed by atoms with Crippen molar-refractivity contribution in [1.82, 2.24) is 5.32 Å². The minimum Gasteiger partial charge on any atom is -0.497 e. The van der Waals surface area contributed by atoms with Crippen LogP contribution in [0, 0.1) is 11.7 Å². The molecule has 2 amide bonds. The number of carbonyl (C=O) groups excluding carboxylic acids is 2. The van der Waals surface area contributed by atoms with Crippen LogP contribution in [0.15, 0.2) is 72.8 Å². The van der Waals surface area contributed by atoms with Crippen LogP contribution in [0.25, 0.3) is 0 Å². The number of hydrogen-bond donors (Lipinski definition) is 1. The summed E-state index contributed by atoms with van der Waals surface area (Å²) in [6.07, 6.45) is 0.172. The fourth-order valence-electron chi connectivity index (χ4n) is 3.59. The molecule has 0 radical (unpaired) electrons. The second-order valence-electron chi connectivity index (χ2n) is 7.52. The van der Waals surface area contributed by atoms with E-state index in [0.29, 0.717) is 30.3 Å². The van der Waals surface area contributed by atoms with E-state index in [2.05, 4.69) is 5.32 Å². The molecule has 1 fully saturated rings. The minimum atomic E-state index is -0.414. The summed E-state index contributed by atoms with van der Waals surface area (Å²) in [5, 5.41) is 2.91. The van der Waals surface area contributed by atoms with E-state index in [1.54, 1.807) is 42.3 Å². The van der Waals surface area contributed by atoms with Crippen LogP contribution in [-0.4, -0.2) is 25.5 Å². The molecule has 1 aliphatic heterocycles. The molecule has 0 bridgehead atoms. The first-order chi connectivity index (χ1) is 15.5. The Balaban J connectivity index is 1.33. The third-order valence-corrected chi connectivity index (χ3v) is 5.29. The first-order valence-electron chi connectivity index (χ1n) is 10.3. The van der Waals surface area contributed by atoms with E-state index in [0.717, 1.165) is 11.3 Å². The van der Waals surface area contributed by atoms with Crippen LogP contribution >= 0.6 is 0 Å². The van der Waals surface area contributed by atoms with Gasteiger partial charge in [-0.25, -0.2) is 4.39 Å². The molecule has 32 heavy (non-hydrogen) atoms. The Morgan fingerprint density at radius 2 is 1.75 bits per heavy atom. The van der Waals surface area contributed by atoms with Gasteiger partial charge in [0.15, 0.2) is 0 Å². The van der Waals surface area contributed by atoms with Crippen LogP contribution in [0.5, 0.6) is 17.2 Å². The number of benzene rings is 3. The number of hydrogen-bond acceptors (Lipinski definition) is 4. The highest BCUT2D eigenvalue weighted by Crippen LogP contribution is 2.27. The van der Waals surface area contributed by atoms with Crippen molar-refractivity contribution in [1.29, 1.82) is 0 Å². The Morgan fingerprint density at radius 3 is 2.47 bits per heavy atom. The molecule has 0 aromatic heterocycles. The molecule has 1 saturated heterocycles. The van der Waals surface area contributed by atoms with Gasteiger partial charge in [-0.2, -0.15) is 0 Å². The molecular formula is C25H23FN2O4. The number of nitrogens with zero attached hydrogens (tertiary/aromatic N) is 1. The normalized spacial score (nSPS) is 15.5. The highest BCUT2D eigenvalue weighted by molar-refractivity contribution is 6.00. The summed E-state index contributed by atoms with van der Waals surface area (Å²) in [5.41, 5.74) is 1.60. The van der Waals surface area contributed by atoms with Crippen LogP contribution in [-0.2, 0) is 16.1 Å². The molecule has 3 aromatic rings. The van der Waals surface area contributed by atoms with Crippen molar-refractivity contribution in [3.8, 4) is 17.2 Å². The number of amides is 2. The number of methoxy groups -OCH3 is 1. The van der Waals surface area contributed by atoms with Gasteiger partial charge in [-0.3, -0.25) is 9.59 Å². The molecule has 4 rings (SSSR count).